The van der Waals surface area contributed by atoms with Crippen molar-refractivity contribution in [3.8, 4) is 0 Å². The standard InChI is InChI=1S/C11H19N3O3/c1-7-4-5-8(16-7)9-13-10(14-17-9)11(2,12)6-15-3/h7-8H,4-6,12H2,1-3H3. The van der Waals surface area contributed by atoms with Gasteiger partial charge < -0.3 is 19.7 Å². The minimum absolute atomic E-state index is 0.0930. The van der Waals surface area contributed by atoms with Gasteiger partial charge in [-0.15, -0.1) is 0 Å². The number of nitrogens with zero attached hydrogens (tertiary/aromatic N) is 2. The van der Waals surface area contributed by atoms with Gasteiger partial charge in [-0.1, -0.05) is 5.16 Å². The SMILES string of the molecule is COCC(C)(N)c1noc(C2CCC(C)O2)n1. The van der Waals surface area contributed by atoms with Gasteiger partial charge in [-0.2, -0.15) is 4.98 Å². The van der Waals surface area contributed by atoms with E-state index in [0.29, 0.717) is 18.3 Å². The molecule has 1 fully saturated rings. The fourth-order valence-electron chi connectivity index (χ4n) is 1.95. The lowest BCUT2D eigenvalue weighted by molar-refractivity contribution is 0.0355. The molecule has 0 spiro atoms. The van der Waals surface area contributed by atoms with E-state index in [1.54, 1.807) is 7.11 Å². The molecule has 0 amide bonds. The van der Waals surface area contributed by atoms with Gasteiger partial charge in [0.15, 0.2) is 5.82 Å². The van der Waals surface area contributed by atoms with E-state index in [9.17, 15) is 0 Å². The quantitative estimate of drug-likeness (QED) is 0.850. The Bertz CT molecular complexity index is 378. The Morgan fingerprint density at radius 3 is 2.88 bits per heavy atom. The minimum atomic E-state index is -0.735. The molecule has 2 N–H and O–H groups in total. The summed E-state index contributed by atoms with van der Waals surface area (Å²) < 4.78 is 15.9. The third kappa shape index (κ3) is 2.65. The zero-order valence-electron chi connectivity index (χ0n) is 10.5. The van der Waals surface area contributed by atoms with E-state index >= 15 is 0 Å². The van der Waals surface area contributed by atoms with Crippen molar-refractivity contribution in [3.63, 3.8) is 0 Å². The lowest BCUT2D eigenvalue weighted by atomic mass is 10.1. The molecule has 0 aromatic carbocycles. The summed E-state index contributed by atoms with van der Waals surface area (Å²) in [5, 5.41) is 3.90. The number of ether oxygens (including phenoxy) is 2. The molecule has 2 rings (SSSR count). The first-order valence-corrected chi connectivity index (χ1v) is 5.80. The maximum absolute atomic E-state index is 6.04. The Balaban J connectivity index is 2.10. The largest absolute Gasteiger partial charge is 0.382 e. The number of aromatic nitrogens is 2. The van der Waals surface area contributed by atoms with Crippen molar-refractivity contribution in [2.45, 2.75) is 44.4 Å². The van der Waals surface area contributed by atoms with Gasteiger partial charge in [0.05, 0.1) is 12.7 Å². The minimum Gasteiger partial charge on any atom is -0.382 e. The molecule has 0 bridgehead atoms. The Morgan fingerprint density at radius 1 is 1.53 bits per heavy atom. The van der Waals surface area contributed by atoms with E-state index in [2.05, 4.69) is 10.1 Å². The van der Waals surface area contributed by atoms with E-state index in [-0.39, 0.29) is 12.2 Å². The molecule has 6 heteroatoms. The van der Waals surface area contributed by atoms with Crippen molar-refractivity contribution in [2.24, 2.45) is 5.73 Å². The number of hydrogen-bond acceptors (Lipinski definition) is 6. The second-order valence-corrected chi connectivity index (χ2v) is 4.82. The Morgan fingerprint density at radius 2 is 2.29 bits per heavy atom. The van der Waals surface area contributed by atoms with E-state index in [4.69, 9.17) is 19.7 Å². The zero-order chi connectivity index (χ0) is 12.5. The van der Waals surface area contributed by atoms with Crippen LogP contribution in [0.15, 0.2) is 4.52 Å². The molecule has 1 aliphatic rings. The van der Waals surface area contributed by atoms with Crippen molar-refractivity contribution in [1.29, 1.82) is 0 Å². The van der Waals surface area contributed by atoms with Crippen molar-refractivity contribution in [1.82, 2.24) is 10.1 Å². The van der Waals surface area contributed by atoms with Gasteiger partial charge in [-0.3, -0.25) is 0 Å². The predicted octanol–water partition coefficient (Wildman–Crippen LogP) is 1.13. The zero-order valence-corrected chi connectivity index (χ0v) is 10.5. The summed E-state index contributed by atoms with van der Waals surface area (Å²) in [6, 6.07) is 0. The Labute approximate surface area is 100 Å². The van der Waals surface area contributed by atoms with Gasteiger partial charge >= 0.3 is 0 Å². The first kappa shape index (κ1) is 12.5. The number of nitrogens with two attached hydrogens (primary N) is 1. The maximum Gasteiger partial charge on any atom is 0.255 e. The number of hydrogen-bond donors (Lipinski definition) is 1. The fraction of sp³-hybridized carbons (Fsp3) is 0.818. The van der Waals surface area contributed by atoms with Gasteiger partial charge in [0.25, 0.3) is 5.89 Å². The molecule has 6 nitrogen and oxygen atoms in total. The molecule has 1 aliphatic heterocycles. The normalized spacial score (nSPS) is 28.2. The summed E-state index contributed by atoms with van der Waals surface area (Å²) in [5.74, 6) is 0.967. The topological polar surface area (TPSA) is 83.4 Å². The fourth-order valence-corrected chi connectivity index (χ4v) is 1.95. The summed E-state index contributed by atoms with van der Waals surface area (Å²) >= 11 is 0. The average Bonchev–Trinajstić information content (AvgIpc) is 2.85. The third-order valence-corrected chi connectivity index (χ3v) is 2.90. The van der Waals surface area contributed by atoms with Crippen LogP contribution in [0.2, 0.25) is 0 Å². The molecule has 2 heterocycles. The van der Waals surface area contributed by atoms with Crippen LogP contribution in [0.5, 0.6) is 0 Å². The van der Waals surface area contributed by atoms with Gasteiger partial charge in [-0.25, -0.2) is 0 Å². The van der Waals surface area contributed by atoms with Crippen molar-refractivity contribution in [3.05, 3.63) is 11.7 Å². The molecule has 0 aliphatic carbocycles. The van der Waals surface area contributed by atoms with E-state index < -0.39 is 5.54 Å². The number of methoxy groups -OCH3 is 1. The van der Waals surface area contributed by atoms with E-state index in [1.807, 2.05) is 13.8 Å². The lowest BCUT2D eigenvalue weighted by Crippen LogP contribution is -2.39. The first-order valence-electron chi connectivity index (χ1n) is 5.80. The van der Waals surface area contributed by atoms with Crippen LogP contribution in [0.4, 0.5) is 0 Å². The van der Waals surface area contributed by atoms with Gasteiger partial charge in [-0.05, 0) is 26.7 Å². The molecule has 0 radical (unpaired) electrons. The van der Waals surface area contributed by atoms with Crippen molar-refractivity contribution in [2.75, 3.05) is 13.7 Å². The highest BCUT2D eigenvalue weighted by atomic mass is 16.5. The summed E-state index contributed by atoms with van der Waals surface area (Å²) in [4.78, 5) is 4.31. The smallest absolute Gasteiger partial charge is 0.255 e. The monoisotopic (exact) mass is 241 g/mol. The van der Waals surface area contributed by atoms with Crippen LogP contribution >= 0.6 is 0 Å². The molecule has 1 saturated heterocycles. The van der Waals surface area contributed by atoms with Crippen molar-refractivity contribution >= 4 is 0 Å². The molecule has 96 valence electrons. The van der Waals surface area contributed by atoms with E-state index in [1.165, 1.54) is 0 Å². The first-order chi connectivity index (χ1) is 8.03. The van der Waals surface area contributed by atoms with Crippen LogP contribution in [-0.4, -0.2) is 30.0 Å². The Kier molecular flexibility index (Phi) is 3.46. The van der Waals surface area contributed by atoms with Crippen LogP contribution in [0.1, 0.15) is 44.5 Å². The highest BCUT2D eigenvalue weighted by Gasteiger charge is 2.32. The molecule has 3 unspecified atom stereocenters. The van der Waals surface area contributed by atoms with Crippen LogP contribution < -0.4 is 5.73 Å². The van der Waals surface area contributed by atoms with Crippen LogP contribution in [-0.2, 0) is 15.0 Å². The van der Waals surface area contributed by atoms with E-state index in [0.717, 1.165) is 12.8 Å². The van der Waals surface area contributed by atoms with Gasteiger partial charge in [0.1, 0.15) is 11.6 Å². The maximum atomic E-state index is 6.04. The molecule has 3 atom stereocenters. The summed E-state index contributed by atoms with van der Waals surface area (Å²) in [7, 11) is 1.59. The van der Waals surface area contributed by atoms with Crippen LogP contribution in [0.25, 0.3) is 0 Å². The lowest BCUT2D eigenvalue weighted by Gasteiger charge is -2.18. The summed E-state index contributed by atoms with van der Waals surface area (Å²) in [6.45, 7) is 4.19. The predicted molar refractivity (Wildman–Crippen MR) is 60.2 cm³/mol. The molecular weight excluding hydrogens is 222 g/mol. The third-order valence-electron chi connectivity index (χ3n) is 2.90. The second kappa shape index (κ2) is 4.72. The molecule has 17 heavy (non-hydrogen) atoms. The average molecular weight is 241 g/mol. The highest BCUT2D eigenvalue weighted by Crippen LogP contribution is 2.32. The molecule has 1 aromatic heterocycles. The van der Waals surface area contributed by atoms with Gasteiger partial charge in [0, 0.05) is 7.11 Å². The van der Waals surface area contributed by atoms with Crippen LogP contribution in [0, 0.1) is 0 Å². The Hall–Kier alpha value is -0.980. The number of rotatable bonds is 4. The van der Waals surface area contributed by atoms with Gasteiger partial charge in [0.2, 0.25) is 0 Å². The molecule has 0 saturated carbocycles. The summed E-state index contributed by atoms with van der Waals surface area (Å²) in [6.07, 6.45) is 2.08. The van der Waals surface area contributed by atoms with Crippen molar-refractivity contribution < 1.29 is 14.0 Å². The second-order valence-electron chi connectivity index (χ2n) is 4.82. The highest BCUT2D eigenvalue weighted by molar-refractivity contribution is 5.03. The summed E-state index contributed by atoms with van der Waals surface area (Å²) in [5.41, 5.74) is 5.30. The van der Waals surface area contributed by atoms with Crippen LogP contribution in [0.3, 0.4) is 0 Å². The molecule has 1 aromatic rings. The molecular formula is C11H19N3O3.